The zero-order chi connectivity index (χ0) is 22.8. The maximum absolute atomic E-state index is 13.3. The van der Waals surface area contributed by atoms with Crippen molar-refractivity contribution in [1.29, 1.82) is 0 Å². The number of rotatable bonds is 6. The van der Waals surface area contributed by atoms with Gasteiger partial charge in [0.1, 0.15) is 10.4 Å². The number of hydrogen-bond acceptors (Lipinski definition) is 6. The number of anilines is 1. The number of methoxy groups -OCH3 is 1. The molecule has 0 aliphatic heterocycles. The molecular weight excluding hydrogens is 466 g/mol. The van der Waals surface area contributed by atoms with Crippen molar-refractivity contribution in [3.05, 3.63) is 74.3 Å². The first-order valence-corrected chi connectivity index (χ1v) is 12.0. The molecule has 2 aromatic carbocycles. The molecule has 4 aromatic rings. The Balaban J connectivity index is 1.66. The van der Waals surface area contributed by atoms with Gasteiger partial charge in [0.2, 0.25) is 5.91 Å². The average Bonchev–Trinajstić information content (AvgIpc) is 3.22. The molecule has 2 aromatic heterocycles. The number of aromatic nitrogens is 2. The Morgan fingerprint density at radius 1 is 1.22 bits per heavy atom. The Bertz CT molecular complexity index is 1380. The van der Waals surface area contributed by atoms with Gasteiger partial charge in [0.15, 0.2) is 5.16 Å². The summed E-state index contributed by atoms with van der Waals surface area (Å²) in [4.78, 5) is 30.6. The molecular formula is C23H20ClN3O3S2. The maximum atomic E-state index is 13.3. The van der Waals surface area contributed by atoms with E-state index in [1.807, 2.05) is 43.5 Å². The minimum atomic E-state index is -0.262. The van der Waals surface area contributed by atoms with Crippen molar-refractivity contribution in [1.82, 2.24) is 9.55 Å². The Labute approximate surface area is 198 Å². The van der Waals surface area contributed by atoms with Gasteiger partial charge < -0.3 is 10.1 Å². The second kappa shape index (κ2) is 9.36. The molecule has 9 heteroatoms. The van der Waals surface area contributed by atoms with Crippen LogP contribution in [-0.2, 0) is 4.79 Å². The van der Waals surface area contributed by atoms with Crippen LogP contribution in [0.4, 0.5) is 5.69 Å². The molecule has 2 heterocycles. The third-order valence-corrected chi connectivity index (χ3v) is 6.88. The number of hydrogen-bond donors (Lipinski definition) is 1. The molecule has 0 atom stereocenters. The molecule has 6 nitrogen and oxygen atoms in total. The van der Waals surface area contributed by atoms with E-state index in [0.717, 1.165) is 16.8 Å². The number of carbonyl (C=O) groups excluding carboxylic acids is 1. The molecule has 0 spiro atoms. The van der Waals surface area contributed by atoms with Crippen LogP contribution in [0.25, 0.3) is 15.9 Å². The van der Waals surface area contributed by atoms with Crippen molar-refractivity contribution >= 4 is 56.5 Å². The standard InChI is InChI=1S/C23H20ClN3O3S2/c1-13-4-6-18(14(2)10-13)27-22(29)21-16(8-9-31-21)26-23(27)32-12-20(28)25-17-11-15(24)5-7-19(17)30-3/h4-11H,12H2,1-3H3,(H,25,28). The summed E-state index contributed by atoms with van der Waals surface area (Å²) in [5, 5.41) is 5.61. The number of nitrogens with one attached hydrogen (secondary N) is 1. The van der Waals surface area contributed by atoms with Crippen molar-refractivity contribution in [2.24, 2.45) is 0 Å². The second-order valence-corrected chi connectivity index (χ2v) is 9.44. The van der Waals surface area contributed by atoms with Gasteiger partial charge in [-0.05, 0) is 55.1 Å². The van der Waals surface area contributed by atoms with Gasteiger partial charge in [-0.2, -0.15) is 0 Å². The molecule has 0 unspecified atom stereocenters. The van der Waals surface area contributed by atoms with Crippen molar-refractivity contribution in [3.63, 3.8) is 0 Å². The highest BCUT2D eigenvalue weighted by Gasteiger charge is 2.17. The minimum Gasteiger partial charge on any atom is -0.495 e. The molecule has 32 heavy (non-hydrogen) atoms. The number of amides is 1. The van der Waals surface area contributed by atoms with Crippen LogP contribution >= 0.6 is 34.7 Å². The van der Waals surface area contributed by atoms with E-state index in [0.29, 0.717) is 31.8 Å². The SMILES string of the molecule is COc1ccc(Cl)cc1NC(=O)CSc1nc2ccsc2c(=O)n1-c1ccc(C)cc1C. The van der Waals surface area contributed by atoms with Gasteiger partial charge in [0, 0.05) is 5.02 Å². The number of halogens is 1. The maximum Gasteiger partial charge on any atom is 0.276 e. The molecule has 0 bridgehead atoms. The van der Waals surface area contributed by atoms with Crippen LogP contribution in [0.15, 0.2) is 57.8 Å². The quantitative estimate of drug-likeness (QED) is 0.290. The van der Waals surface area contributed by atoms with Crippen LogP contribution < -0.4 is 15.6 Å². The number of fused-ring (bicyclic) bond motifs is 1. The van der Waals surface area contributed by atoms with E-state index >= 15 is 0 Å². The van der Waals surface area contributed by atoms with Gasteiger partial charge in [-0.15, -0.1) is 11.3 Å². The molecule has 4 rings (SSSR count). The van der Waals surface area contributed by atoms with Crippen molar-refractivity contribution < 1.29 is 9.53 Å². The first-order valence-electron chi connectivity index (χ1n) is 9.71. The molecule has 0 saturated heterocycles. The highest BCUT2D eigenvalue weighted by molar-refractivity contribution is 7.99. The molecule has 0 aliphatic rings. The smallest absolute Gasteiger partial charge is 0.276 e. The topological polar surface area (TPSA) is 73.2 Å². The van der Waals surface area contributed by atoms with E-state index in [1.54, 1.807) is 22.8 Å². The Hall–Kier alpha value is -2.81. The number of benzene rings is 2. The zero-order valence-corrected chi connectivity index (χ0v) is 20.0. The Kier molecular flexibility index (Phi) is 6.55. The van der Waals surface area contributed by atoms with E-state index in [4.69, 9.17) is 16.3 Å². The highest BCUT2D eigenvalue weighted by Crippen LogP contribution is 2.29. The van der Waals surface area contributed by atoms with Crippen LogP contribution in [0.1, 0.15) is 11.1 Å². The fraction of sp³-hybridized carbons (Fsp3) is 0.174. The van der Waals surface area contributed by atoms with Crippen LogP contribution in [0.3, 0.4) is 0 Å². The van der Waals surface area contributed by atoms with Crippen LogP contribution in [0.5, 0.6) is 5.75 Å². The fourth-order valence-electron chi connectivity index (χ4n) is 3.35. The first kappa shape index (κ1) is 22.4. The Morgan fingerprint density at radius 3 is 2.78 bits per heavy atom. The molecule has 0 fully saturated rings. The minimum absolute atomic E-state index is 0.0582. The summed E-state index contributed by atoms with van der Waals surface area (Å²) in [5.74, 6) is 0.308. The predicted molar refractivity (Wildman–Crippen MR) is 132 cm³/mol. The van der Waals surface area contributed by atoms with Gasteiger partial charge in [0.25, 0.3) is 5.56 Å². The van der Waals surface area contributed by atoms with E-state index in [1.165, 1.54) is 30.2 Å². The second-order valence-electron chi connectivity index (χ2n) is 7.14. The van der Waals surface area contributed by atoms with Crippen LogP contribution in [0.2, 0.25) is 5.02 Å². The Morgan fingerprint density at radius 2 is 2.03 bits per heavy atom. The van der Waals surface area contributed by atoms with Crippen LogP contribution in [0, 0.1) is 13.8 Å². The van der Waals surface area contributed by atoms with Gasteiger partial charge in [-0.3, -0.25) is 14.2 Å². The fourth-order valence-corrected chi connectivity index (χ4v) is 5.09. The molecule has 164 valence electrons. The summed E-state index contributed by atoms with van der Waals surface area (Å²) >= 11 is 8.61. The summed E-state index contributed by atoms with van der Waals surface area (Å²) in [6.45, 7) is 3.96. The van der Waals surface area contributed by atoms with Gasteiger partial charge in [-0.25, -0.2) is 4.98 Å². The third kappa shape index (κ3) is 4.53. The number of thiophene rings is 1. The van der Waals surface area contributed by atoms with Gasteiger partial charge in [0.05, 0.1) is 29.8 Å². The number of carbonyl (C=O) groups is 1. The van der Waals surface area contributed by atoms with E-state index in [9.17, 15) is 9.59 Å². The predicted octanol–water partition coefficient (Wildman–Crippen LogP) is 5.46. The summed E-state index contributed by atoms with van der Waals surface area (Å²) in [6.07, 6.45) is 0. The summed E-state index contributed by atoms with van der Waals surface area (Å²) in [5.41, 5.74) is 3.78. The lowest BCUT2D eigenvalue weighted by Crippen LogP contribution is -2.23. The molecule has 1 amide bonds. The third-order valence-electron chi connectivity index (χ3n) is 4.81. The average molecular weight is 486 g/mol. The normalized spacial score (nSPS) is 11.0. The summed E-state index contributed by atoms with van der Waals surface area (Å²) in [7, 11) is 1.52. The molecule has 0 saturated carbocycles. The lowest BCUT2D eigenvalue weighted by atomic mass is 10.1. The number of aryl methyl sites for hydroxylation is 2. The summed E-state index contributed by atoms with van der Waals surface area (Å²) in [6, 6.07) is 12.7. The van der Waals surface area contributed by atoms with Gasteiger partial charge >= 0.3 is 0 Å². The van der Waals surface area contributed by atoms with Crippen molar-refractivity contribution in [3.8, 4) is 11.4 Å². The molecule has 0 aliphatic carbocycles. The largest absolute Gasteiger partial charge is 0.495 e. The van der Waals surface area contributed by atoms with Crippen molar-refractivity contribution in [2.45, 2.75) is 19.0 Å². The van der Waals surface area contributed by atoms with E-state index in [2.05, 4.69) is 10.3 Å². The lowest BCUT2D eigenvalue weighted by molar-refractivity contribution is -0.113. The number of nitrogens with zero attached hydrogens (tertiary/aromatic N) is 2. The highest BCUT2D eigenvalue weighted by atomic mass is 35.5. The van der Waals surface area contributed by atoms with Crippen molar-refractivity contribution in [2.75, 3.05) is 18.2 Å². The number of ether oxygens (including phenoxy) is 1. The monoisotopic (exact) mass is 485 g/mol. The lowest BCUT2D eigenvalue weighted by Gasteiger charge is -2.15. The van der Waals surface area contributed by atoms with E-state index in [-0.39, 0.29) is 17.2 Å². The first-order chi connectivity index (χ1) is 15.4. The summed E-state index contributed by atoms with van der Waals surface area (Å²) < 4.78 is 7.46. The number of thioether (sulfide) groups is 1. The zero-order valence-electron chi connectivity index (χ0n) is 17.6. The van der Waals surface area contributed by atoms with Crippen LogP contribution in [-0.4, -0.2) is 28.3 Å². The van der Waals surface area contributed by atoms with Gasteiger partial charge in [-0.1, -0.05) is 41.1 Å². The molecule has 1 N–H and O–H groups in total. The molecule has 0 radical (unpaired) electrons. The van der Waals surface area contributed by atoms with E-state index < -0.39 is 0 Å².